The molecule has 0 aliphatic rings. The second kappa shape index (κ2) is 5.85. The van der Waals surface area contributed by atoms with E-state index in [1.807, 2.05) is 19.2 Å². The first-order chi connectivity index (χ1) is 8.65. The van der Waals surface area contributed by atoms with Gasteiger partial charge in [-0.05, 0) is 48.9 Å². The third-order valence-electron chi connectivity index (χ3n) is 3.33. The summed E-state index contributed by atoms with van der Waals surface area (Å²) < 4.78 is 0. The Morgan fingerprint density at radius 3 is 2.56 bits per heavy atom. The molecule has 0 spiro atoms. The highest BCUT2D eigenvalue weighted by Gasteiger charge is 2.15. The molecule has 1 heterocycles. The van der Waals surface area contributed by atoms with Crippen molar-refractivity contribution in [3.05, 3.63) is 40.0 Å². The van der Waals surface area contributed by atoms with Gasteiger partial charge in [-0.2, -0.15) is 0 Å². The molecular formula is C15H18ClNS. The summed E-state index contributed by atoms with van der Waals surface area (Å²) in [6, 6.07) is 6.24. The lowest BCUT2D eigenvalue weighted by Crippen LogP contribution is -1.97. The zero-order valence-corrected chi connectivity index (χ0v) is 12.6. The number of aromatic nitrogens is 1. The van der Waals surface area contributed by atoms with Crippen LogP contribution in [0.5, 0.6) is 0 Å². The molecule has 0 saturated carbocycles. The number of thiazole rings is 1. The number of halogens is 1. The molecule has 0 fully saturated rings. The fraction of sp³-hybridized carbons (Fsp3) is 0.400. The van der Waals surface area contributed by atoms with E-state index in [-0.39, 0.29) is 0 Å². The van der Waals surface area contributed by atoms with Crippen molar-refractivity contribution in [3.63, 3.8) is 0 Å². The summed E-state index contributed by atoms with van der Waals surface area (Å²) in [7, 11) is 0. The first-order valence-electron chi connectivity index (χ1n) is 6.38. The third kappa shape index (κ3) is 2.76. The largest absolute Gasteiger partial charge is 0.249 e. The van der Waals surface area contributed by atoms with Crippen LogP contribution in [0.2, 0.25) is 5.02 Å². The summed E-state index contributed by atoms with van der Waals surface area (Å²) in [5.41, 5.74) is 2.65. The van der Waals surface area contributed by atoms with Crippen molar-refractivity contribution >= 4 is 22.9 Å². The van der Waals surface area contributed by atoms with E-state index in [2.05, 4.69) is 31.0 Å². The molecular weight excluding hydrogens is 262 g/mol. The van der Waals surface area contributed by atoms with Crippen molar-refractivity contribution in [1.82, 2.24) is 4.98 Å². The molecule has 0 aliphatic heterocycles. The molecule has 18 heavy (non-hydrogen) atoms. The van der Waals surface area contributed by atoms with Crippen LogP contribution in [0.25, 0.3) is 10.4 Å². The maximum absolute atomic E-state index is 6.15. The van der Waals surface area contributed by atoms with E-state index < -0.39 is 0 Å². The van der Waals surface area contributed by atoms with Crippen LogP contribution < -0.4 is 0 Å². The van der Waals surface area contributed by atoms with E-state index in [1.165, 1.54) is 16.0 Å². The van der Waals surface area contributed by atoms with E-state index in [0.717, 1.165) is 22.9 Å². The Hall–Kier alpha value is -0.860. The first kappa shape index (κ1) is 13.6. The summed E-state index contributed by atoms with van der Waals surface area (Å²) in [5.74, 6) is 0.597. The molecule has 2 rings (SSSR count). The average molecular weight is 280 g/mol. The van der Waals surface area contributed by atoms with Gasteiger partial charge in [0.25, 0.3) is 0 Å². The highest BCUT2D eigenvalue weighted by atomic mass is 35.5. The lowest BCUT2D eigenvalue weighted by Gasteiger charge is -2.17. The number of aryl methyl sites for hydroxylation is 1. The molecule has 0 N–H and O–H groups in total. The average Bonchev–Trinajstić information content (AvgIpc) is 2.79. The molecule has 0 unspecified atom stereocenters. The maximum Gasteiger partial charge on any atom is 0.0900 e. The number of benzene rings is 1. The van der Waals surface area contributed by atoms with Gasteiger partial charge in [-0.3, -0.25) is 0 Å². The van der Waals surface area contributed by atoms with Crippen LogP contribution in [0.4, 0.5) is 0 Å². The Labute approximate surface area is 118 Å². The van der Waals surface area contributed by atoms with Crippen LogP contribution in [0.15, 0.2) is 24.4 Å². The molecule has 0 saturated heterocycles. The van der Waals surface area contributed by atoms with Crippen molar-refractivity contribution in [2.24, 2.45) is 0 Å². The van der Waals surface area contributed by atoms with Gasteiger partial charge in [0.05, 0.1) is 9.88 Å². The van der Waals surface area contributed by atoms with E-state index in [1.54, 1.807) is 11.3 Å². The van der Waals surface area contributed by atoms with Crippen molar-refractivity contribution in [2.75, 3.05) is 0 Å². The Balaban J connectivity index is 2.53. The highest BCUT2D eigenvalue weighted by Crippen LogP contribution is 2.37. The second-order valence-electron chi connectivity index (χ2n) is 4.49. The fourth-order valence-corrected chi connectivity index (χ4v) is 3.30. The normalized spacial score (nSPS) is 11.2. The summed E-state index contributed by atoms with van der Waals surface area (Å²) in [6.45, 7) is 6.52. The predicted octanol–water partition coefficient (Wildman–Crippen LogP) is 5.68. The molecule has 2 aromatic rings. The molecule has 0 amide bonds. The fourth-order valence-electron chi connectivity index (χ4n) is 2.31. The minimum absolute atomic E-state index is 0.597. The van der Waals surface area contributed by atoms with E-state index in [4.69, 9.17) is 11.6 Å². The molecule has 0 aliphatic carbocycles. The molecule has 0 radical (unpaired) electrons. The minimum atomic E-state index is 0.597. The van der Waals surface area contributed by atoms with Gasteiger partial charge in [0.1, 0.15) is 0 Å². The molecule has 0 atom stereocenters. The van der Waals surface area contributed by atoms with Gasteiger partial charge in [-0.25, -0.2) is 4.98 Å². The summed E-state index contributed by atoms with van der Waals surface area (Å²) in [4.78, 5) is 5.57. The predicted molar refractivity (Wildman–Crippen MR) is 80.6 cm³/mol. The van der Waals surface area contributed by atoms with E-state index in [9.17, 15) is 0 Å². The van der Waals surface area contributed by atoms with Gasteiger partial charge in [0.2, 0.25) is 0 Å². The number of rotatable bonds is 4. The first-order valence-corrected chi connectivity index (χ1v) is 7.57. The zero-order valence-electron chi connectivity index (χ0n) is 11.0. The SMILES string of the molecule is CCC(CC)c1ccc(Cl)cc1-c1cnc(C)s1. The Morgan fingerprint density at radius 1 is 1.28 bits per heavy atom. The molecule has 96 valence electrons. The molecule has 1 aromatic heterocycles. The monoisotopic (exact) mass is 279 g/mol. The number of hydrogen-bond donors (Lipinski definition) is 0. The summed E-state index contributed by atoms with van der Waals surface area (Å²) in [5, 5.41) is 1.89. The number of hydrogen-bond acceptors (Lipinski definition) is 2. The van der Waals surface area contributed by atoms with E-state index >= 15 is 0 Å². The maximum atomic E-state index is 6.15. The Kier molecular flexibility index (Phi) is 4.41. The van der Waals surface area contributed by atoms with Crippen LogP contribution in [0.3, 0.4) is 0 Å². The number of nitrogens with zero attached hydrogens (tertiary/aromatic N) is 1. The van der Waals surface area contributed by atoms with Gasteiger partial charge in [-0.15, -0.1) is 11.3 Å². The lowest BCUT2D eigenvalue weighted by molar-refractivity contribution is 0.643. The van der Waals surface area contributed by atoms with Crippen molar-refractivity contribution in [3.8, 4) is 10.4 Å². The van der Waals surface area contributed by atoms with Crippen molar-refractivity contribution in [2.45, 2.75) is 39.5 Å². The van der Waals surface area contributed by atoms with Crippen LogP contribution in [-0.2, 0) is 0 Å². The second-order valence-corrected chi connectivity index (χ2v) is 6.16. The third-order valence-corrected chi connectivity index (χ3v) is 4.51. The van der Waals surface area contributed by atoms with Crippen LogP contribution >= 0.6 is 22.9 Å². The van der Waals surface area contributed by atoms with Crippen molar-refractivity contribution in [1.29, 1.82) is 0 Å². The highest BCUT2D eigenvalue weighted by molar-refractivity contribution is 7.15. The summed E-state index contributed by atoms with van der Waals surface area (Å²) in [6.07, 6.45) is 4.27. The standard InChI is InChI=1S/C15H18ClNS/c1-4-11(5-2)13-7-6-12(16)8-14(13)15-9-17-10(3)18-15/h6-9,11H,4-5H2,1-3H3. The molecule has 1 aromatic carbocycles. The summed E-state index contributed by atoms with van der Waals surface area (Å²) >= 11 is 7.88. The smallest absolute Gasteiger partial charge is 0.0900 e. The zero-order chi connectivity index (χ0) is 13.1. The van der Waals surface area contributed by atoms with E-state index in [0.29, 0.717) is 5.92 Å². The lowest BCUT2D eigenvalue weighted by atomic mass is 9.90. The van der Waals surface area contributed by atoms with Crippen LogP contribution in [0, 0.1) is 6.92 Å². The van der Waals surface area contributed by atoms with Gasteiger partial charge in [0, 0.05) is 11.2 Å². The molecule has 3 heteroatoms. The van der Waals surface area contributed by atoms with Gasteiger partial charge in [-0.1, -0.05) is 31.5 Å². The van der Waals surface area contributed by atoms with Gasteiger partial charge in [0.15, 0.2) is 0 Å². The minimum Gasteiger partial charge on any atom is -0.249 e. The van der Waals surface area contributed by atoms with Crippen molar-refractivity contribution < 1.29 is 0 Å². The van der Waals surface area contributed by atoms with Gasteiger partial charge < -0.3 is 0 Å². The van der Waals surface area contributed by atoms with Crippen LogP contribution in [-0.4, -0.2) is 4.98 Å². The Morgan fingerprint density at radius 2 is 2.00 bits per heavy atom. The Bertz CT molecular complexity index is 529. The quantitative estimate of drug-likeness (QED) is 0.702. The molecule has 0 bridgehead atoms. The van der Waals surface area contributed by atoms with Gasteiger partial charge >= 0.3 is 0 Å². The topological polar surface area (TPSA) is 12.9 Å². The van der Waals surface area contributed by atoms with Crippen LogP contribution in [0.1, 0.15) is 43.2 Å². The molecule has 1 nitrogen and oxygen atoms in total.